The van der Waals surface area contributed by atoms with Crippen LogP contribution < -0.4 is 24.8 Å². The molecule has 0 bridgehead atoms. The molecule has 2 atom stereocenters. The van der Waals surface area contributed by atoms with E-state index < -0.39 is 25.8 Å². The van der Waals surface area contributed by atoms with E-state index in [0.717, 1.165) is 0 Å². The Balaban J connectivity index is 0.00000216. The Morgan fingerprint density at radius 3 is 1.10 bits per heavy atom. The zero-order valence-electron chi connectivity index (χ0n) is 28.9. The van der Waals surface area contributed by atoms with Crippen LogP contribution in [0.15, 0.2) is 157 Å². The number of rotatable bonds is 6. The van der Waals surface area contributed by atoms with Crippen LogP contribution in [0.25, 0.3) is 56.7 Å². The Bertz CT molecular complexity index is 2090. The van der Waals surface area contributed by atoms with Crippen molar-refractivity contribution in [3.05, 3.63) is 179 Å². The van der Waals surface area contributed by atoms with Gasteiger partial charge in [-0.25, -0.2) is 0 Å². The standard InChI is InChI=1S/2C22H17.C2H6Si.2ClH.Zr/c2*1-16-14-20-8-5-9-21(22(20)15-16)19-12-10-18(11-13-19)17-6-3-2-4-7-17;1-3-2;;;/h2*2-15H,1H3;1-2H3;2*1H;/q;;;;;+2/p-2. The average Bonchev–Trinajstić information content (AvgIpc) is 3.64. The van der Waals surface area contributed by atoms with Gasteiger partial charge in [0, 0.05) is 0 Å². The minimum Gasteiger partial charge on any atom is -1.00 e. The number of hydrogen-bond acceptors (Lipinski definition) is 0. The minimum atomic E-state index is -2.16. The third kappa shape index (κ3) is 6.65. The minimum absolute atomic E-state index is 0. The van der Waals surface area contributed by atoms with Gasteiger partial charge in [-0.1, -0.05) is 0 Å². The zero-order chi connectivity index (χ0) is 32.8. The summed E-state index contributed by atoms with van der Waals surface area (Å²) in [6.07, 6.45) is 5.09. The summed E-state index contributed by atoms with van der Waals surface area (Å²) in [5.41, 5.74) is 19.2. The molecule has 0 saturated carbocycles. The monoisotopic (exact) mass is 780 g/mol. The van der Waals surface area contributed by atoms with Crippen LogP contribution in [0.2, 0.25) is 13.1 Å². The van der Waals surface area contributed by atoms with Crippen molar-refractivity contribution in [3.8, 4) is 44.5 Å². The SMILES string of the molecule is CC1=Cc2c(-c3ccc(-c4ccccc4)cc3)cccc2[CH]1[Zr+2]([CH]1C(C)=Cc2c(-c3ccc(-c4ccccc4)cc3)cccc21)=[Si](C)C.[Cl-].[Cl-]. The summed E-state index contributed by atoms with van der Waals surface area (Å²) >= 11 is -2.16. The summed E-state index contributed by atoms with van der Waals surface area (Å²) in [5.74, 6) is 0. The number of allylic oxidation sites excluding steroid dienone is 2. The molecule has 2 aliphatic carbocycles. The Morgan fingerprint density at radius 1 is 0.400 bits per heavy atom. The molecule has 0 N–H and O–H groups in total. The third-order valence-electron chi connectivity index (χ3n) is 10.4. The molecule has 0 aromatic heterocycles. The molecule has 0 saturated heterocycles. The number of halogens is 2. The van der Waals surface area contributed by atoms with Crippen LogP contribution in [0.3, 0.4) is 0 Å². The smallest absolute Gasteiger partial charge is 1.00 e. The maximum absolute atomic E-state index is 2.62. The van der Waals surface area contributed by atoms with E-state index in [-0.39, 0.29) is 24.8 Å². The topological polar surface area (TPSA) is 0 Å². The van der Waals surface area contributed by atoms with Crippen molar-refractivity contribution in [1.29, 1.82) is 0 Å². The van der Waals surface area contributed by atoms with Crippen LogP contribution in [0, 0.1) is 0 Å². The Hall–Kier alpha value is -3.52. The summed E-state index contributed by atoms with van der Waals surface area (Å²) in [6, 6.07) is 54.0. The third-order valence-corrected chi connectivity index (χ3v) is 30.3. The Kier molecular flexibility index (Phi) is 11.2. The summed E-state index contributed by atoms with van der Waals surface area (Å²) in [6.45, 7) is 10.1. The molecule has 4 heteroatoms. The van der Waals surface area contributed by atoms with Gasteiger partial charge in [-0.3, -0.25) is 0 Å². The van der Waals surface area contributed by atoms with Crippen molar-refractivity contribution in [3.63, 3.8) is 0 Å². The van der Waals surface area contributed by atoms with Gasteiger partial charge in [0.2, 0.25) is 0 Å². The molecule has 6 aromatic carbocycles. The second-order valence-electron chi connectivity index (χ2n) is 13.6. The van der Waals surface area contributed by atoms with E-state index in [4.69, 9.17) is 0 Å². The molecule has 246 valence electrons. The fourth-order valence-electron chi connectivity index (χ4n) is 8.12. The molecule has 8 rings (SSSR count). The van der Waals surface area contributed by atoms with Crippen LogP contribution in [0.5, 0.6) is 0 Å². The maximum Gasteiger partial charge on any atom is -1.00 e. The van der Waals surface area contributed by atoms with Gasteiger partial charge in [0.25, 0.3) is 0 Å². The van der Waals surface area contributed by atoms with Gasteiger partial charge < -0.3 is 24.8 Å². The molecule has 2 unspecified atom stereocenters. The van der Waals surface area contributed by atoms with Crippen LogP contribution in [-0.2, 0) is 20.4 Å². The van der Waals surface area contributed by atoms with E-state index in [0.29, 0.717) is 7.25 Å². The Labute approximate surface area is 318 Å². The van der Waals surface area contributed by atoms with Crippen molar-refractivity contribution in [2.45, 2.75) is 34.2 Å². The maximum atomic E-state index is 2.62. The van der Waals surface area contributed by atoms with Gasteiger partial charge in [-0.05, 0) is 0 Å². The number of benzene rings is 6. The van der Waals surface area contributed by atoms with Gasteiger partial charge in [0.15, 0.2) is 0 Å². The summed E-state index contributed by atoms with van der Waals surface area (Å²) in [5, 5.41) is 0. The van der Waals surface area contributed by atoms with E-state index in [1.165, 1.54) is 55.6 Å². The normalized spacial score (nSPS) is 15.3. The summed E-state index contributed by atoms with van der Waals surface area (Å²) < 4.78 is 1.23. The molecule has 0 nitrogen and oxygen atoms in total. The quantitative estimate of drug-likeness (QED) is 0.163. The number of hydrogen-bond donors (Lipinski definition) is 0. The van der Waals surface area contributed by atoms with E-state index in [2.05, 4.69) is 185 Å². The molecule has 0 radical (unpaired) electrons. The van der Waals surface area contributed by atoms with E-state index in [1.54, 1.807) is 22.3 Å². The zero-order valence-corrected chi connectivity index (χ0v) is 33.9. The fourth-order valence-corrected chi connectivity index (χ4v) is 28.9. The summed E-state index contributed by atoms with van der Waals surface area (Å²) in [4.78, 5) is 0. The van der Waals surface area contributed by atoms with Crippen molar-refractivity contribution in [2.75, 3.05) is 0 Å². The number of fused-ring (bicyclic) bond motifs is 2. The average molecular weight is 783 g/mol. The molecular weight excluding hydrogens is 743 g/mol. The first-order valence-corrected chi connectivity index (χ1v) is 26.1. The largest absolute Gasteiger partial charge is 1.00 e. The first-order chi connectivity index (χ1) is 23.5. The van der Waals surface area contributed by atoms with Crippen molar-refractivity contribution < 1.29 is 45.2 Å². The Morgan fingerprint density at radius 2 is 0.740 bits per heavy atom. The van der Waals surface area contributed by atoms with Crippen LogP contribution in [0.4, 0.5) is 0 Å². The molecule has 2 aliphatic rings. The predicted molar refractivity (Wildman–Crippen MR) is 205 cm³/mol. The molecular formula is C46H40Cl2SiZr. The molecule has 0 fully saturated rings. The fraction of sp³-hybridized carbons (Fsp3) is 0.130. The molecule has 0 heterocycles. The van der Waals surface area contributed by atoms with Gasteiger partial charge in [-0.2, -0.15) is 0 Å². The molecule has 0 amide bonds. The van der Waals surface area contributed by atoms with E-state index in [9.17, 15) is 0 Å². The van der Waals surface area contributed by atoms with Crippen molar-refractivity contribution in [2.24, 2.45) is 0 Å². The predicted octanol–water partition coefficient (Wildman–Crippen LogP) is 6.85. The van der Waals surface area contributed by atoms with Crippen molar-refractivity contribution in [1.82, 2.24) is 0 Å². The van der Waals surface area contributed by atoms with Crippen LogP contribution in [0.1, 0.15) is 43.4 Å². The van der Waals surface area contributed by atoms with E-state index >= 15 is 0 Å². The molecule has 50 heavy (non-hydrogen) atoms. The summed E-state index contributed by atoms with van der Waals surface area (Å²) in [7, 11) is 0. The molecule has 0 aliphatic heterocycles. The van der Waals surface area contributed by atoms with Crippen LogP contribution in [-0.4, -0.2) is 5.43 Å². The first kappa shape index (κ1) is 36.3. The van der Waals surface area contributed by atoms with Gasteiger partial charge in [0.05, 0.1) is 0 Å². The second-order valence-corrected chi connectivity index (χ2v) is 31.5. The molecule has 0 spiro atoms. The first-order valence-electron chi connectivity index (χ1n) is 17.1. The van der Waals surface area contributed by atoms with Gasteiger partial charge in [0.1, 0.15) is 0 Å². The second kappa shape index (κ2) is 15.4. The van der Waals surface area contributed by atoms with Gasteiger partial charge >= 0.3 is 296 Å². The molecule has 6 aromatic rings. The van der Waals surface area contributed by atoms with Crippen molar-refractivity contribution >= 4 is 17.6 Å². The van der Waals surface area contributed by atoms with E-state index in [1.807, 2.05) is 0 Å². The van der Waals surface area contributed by atoms with Crippen LogP contribution >= 0.6 is 0 Å². The van der Waals surface area contributed by atoms with Gasteiger partial charge in [-0.15, -0.1) is 0 Å².